The van der Waals surface area contributed by atoms with Crippen molar-refractivity contribution in [2.75, 3.05) is 19.6 Å². The van der Waals surface area contributed by atoms with Crippen molar-refractivity contribution in [1.29, 1.82) is 0 Å². The van der Waals surface area contributed by atoms with E-state index in [1.807, 2.05) is 12.1 Å². The summed E-state index contributed by atoms with van der Waals surface area (Å²) >= 11 is 12.0. The maximum absolute atomic E-state index is 12.7. The second kappa shape index (κ2) is 8.61. The lowest BCUT2D eigenvalue weighted by Gasteiger charge is -2.16. The fourth-order valence-corrected chi connectivity index (χ4v) is 4.86. The SMILES string of the molecule is O=C(NCCc1ccc(Cl)cc1)c1cc(S(=O)(=O)N2CCCC2)ccc1Cl. The number of nitrogens with zero attached hydrogens (tertiary/aromatic N) is 1. The van der Waals surface area contributed by atoms with Crippen molar-refractivity contribution in [2.24, 2.45) is 0 Å². The van der Waals surface area contributed by atoms with Crippen LogP contribution < -0.4 is 5.32 Å². The summed E-state index contributed by atoms with van der Waals surface area (Å²) in [6.45, 7) is 1.42. The summed E-state index contributed by atoms with van der Waals surface area (Å²) < 4.78 is 26.8. The Bertz CT molecular complexity index is 924. The van der Waals surface area contributed by atoms with Gasteiger partial charge in [0.05, 0.1) is 15.5 Å². The summed E-state index contributed by atoms with van der Waals surface area (Å²) in [5.74, 6) is -0.396. The molecule has 144 valence electrons. The highest BCUT2D eigenvalue weighted by Gasteiger charge is 2.28. The number of hydrogen-bond donors (Lipinski definition) is 1. The first kappa shape index (κ1) is 20.1. The summed E-state index contributed by atoms with van der Waals surface area (Å²) in [7, 11) is -3.60. The highest BCUT2D eigenvalue weighted by molar-refractivity contribution is 7.89. The number of nitrogens with one attached hydrogen (secondary N) is 1. The lowest BCUT2D eigenvalue weighted by molar-refractivity contribution is 0.0954. The zero-order valence-corrected chi connectivity index (χ0v) is 16.9. The van der Waals surface area contributed by atoms with E-state index in [-0.39, 0.29) is 15.5 Å². The van der Waals surface area contributed by atoms with Crippen molar-refractivity contribution in [3.63, 3.8) is 0 Å². The number of amides is 1. The molecule has 0 aromatic heterocycles. The van der Waals surface area contributed by atoms with Crippen LogP contribution in [0.3, 0.4) is 0 Å². The molecule has 0 aliphatic carbocycles. The van der Waals surface area contributed by atoms with Crippen LogP contribution in [0.1, 0.15) is 28.8 Å². The van der Waals surface area contributed by atoms with Crippen LogP contribution >= 0.6 is 23.2 Å². The van der Waals surface area contributed by atoms with Gasteiger partial charge in [-0.05, 0) is 55.2 Å². The lowest BCUT2D eigenvalue weighted by Crippen LogP contribution is -2.29. The quantitative estimate of drug-likeness (QED) is 0.764. The monoisotopic (exact) mass is 426 g/mol. The third kappa shape index (κ3) is 4.82. The second-order valence-electron chi connectivity index (χ2n) is 6.39. The van der Waals surface area contributed by atoms with Gasteiger partial charge < -0.3 is 5.32 Å². The second-order valence-corrected chi connectivity index (χ2v) is 9.17. The Morgan fingerprint density at radius 1 is 1.04 bits per heavy atom. The Balaban J connectivity index is 1.69. The van der Waals surface area contributed by atoms with E-state index in [1.54, 1.807) is 12.1 Å². The van der Waals surface area contributed by atoms with Crippen LogP contribution in [0.2, 0.25) is 10.0 Å². The molecule has 2 aromatic rings. The number of sulfonamides is 1. The van der Waals surface area contributed by atoms with Crippen molar-refractivity contribution in [3.05, 3.63) is 63.6 Å². The molecule has 0 unspecified atom stereocenters. The molecule has 1 aliphatic heterocycles. The number of carbonyl (C=O) groups excluding carboxylic acids is 1. The molecule has 8 heteroatoms. The minimum Gasteiger partial charge on any atom is -0.352 e. The van der Waals surface area contributed by atoms with Gasteiger partial charge >= 0.3 is 0 Å². The Kier molecular flexibility index (Phi) is 6.42. The van der Waals surface area contributed by atoms with Gasteiger partial charge in [0.2, 0.25) is 10.0 Å². The predicted octanol–water partition coefficient (Wildman–Crippen LogP) is 3.75. The van der Waals surface area contributed by atoms with Gasteiger partial charge in [0.1, 0.15) is 0 Å². The number of benzene rings is 2. The van der Waals surface area contributed by atoms with E-state index in [4.69, 9.17) is 23.2 Å². The van der Waals surface area contributed by atoms with Crippen molar-refractivity contribution in [1.82, 2.24) is 9.62 Å². The molecule has 3 rings (SSSR count). The third-order valence-corrected chi connectivity index (χ3v) is 6.97. The Hall–Kier alpha value is -1.60. The maximum atomic E-state index is 12.7. The molecule has 1 aliphatic rings. The van der Waals surface area contributed by atoms with Crippen LogP contribution in [-0.4, -0.2) is 38.3 Å². The van der Waals surface area contributed by atoms with Crippen molar-refractivity contribution >= 4 is 39.1 Å². The molecule has 0 saturated carbocycles. The molecule has 0 bridgehead atoms. The van der Waals surface area contributed by atoms with Crippen LogP contribution in [0.4, 0.5) is 0 Å². The van der Waals surface area contributed by atoms with Crippen LogP contribution in [-0.2, 0) is 16.4 Å². The summed E-state index contributed by atoms with van der Waals surface area (Å²) in [6.07, 6.45) is 2.34. The fourth-order valence-electron chi connectivity index (χ4n) is 2.98. The van der Waals surface area contributed by atoms with E-state index in [0.717, 1.165) is 18.4 Å². The van der Waals surface area contributed by atoms with E-state index in [0.29, 0.717) is 31.1 Å². The van der Waals surface area contributed by atoms with Crippen molar-refractivity contribution in [3.8, 4) is 0 Å². The average Bonchev–Trinajstić information content (AvgIpc) is 3.19. The van der Waals surface area contributed by atoms with Crippen LogP contribution in [0.15, 0.2) is 47.4 Å². The van der Waals surface area contributed by atoms with Crippen molar-refractivity contribution in [2.45, 2.75) is 24.2 Å². The number of carbonyl (C=O) groups is 1. The third-order valence-electron chi connectivity index (χ3n) is 4.50. The molecule has 1 N–H and O–H groups in total. The van der Waals surface area contributed by atoms with E-state index in [1.165, 1.54) is 22.5 Å². The van der Waals surface area contributed by atoms with Crippen LogP contribution in [0.25, 0.3) is 0 Å². The van der Waals surface area contributed by atoms with Gasteiger partial charge in [-0.15, -0.1) is 0 Å². The molecule has 27 heavy (non-hydrogen) atoms. The smallest absolute Gasteiger partial charge is 0.252 e. The minimum absolute atomic E-state index is 0.0941. The van der Waals surface area contributed by atoms with Crippen LogP contribution in [0, 0.1) is 0 Å². The Morgan fingerprint density at radius 3 is 2.37 bits per heavy atom. The van der Waals surface area contributed by atoms with Gasteiger partial charge in [0.25, 0.3) is 5.91 Å². The molecule has 1 saturated heterocycles. The number of rotatable bonds is 6. The molecular formula is C19H20Cl2N2O3S. The molecule has 0 spiro atoms. The Morgan fingerprint density at radius 2 is 1.70 bits per heavy atom. The van der Waals surface area contributed by atoms with Gasteiger partial charge in [-0.25, -0.2) is 8.42 Å². The summed E-state index contributed by atoms with van der Waals surface area (Å²) in [5.41, 5.74) is 1.20. The molecule has 1 heterocycles. The molecule has 0 atom stereocenters. The zero-order chi connectivity index (χ0) is 19.4. The summed E-state index contributed by atoms with van der Waals surface area (Å²) in [5, 5.41) is 3.67. The molecule has 0 radical (unpaired) electrons. The summed E-state index contributed by atoms with van der Waals surface area (Å²) in [6, 6.07) is 11.6. The minimum atomic E-state index is -3.60. The first-order valence-electron chi connectivity index (χ1n) is 8.70. The average molecular weight is 427 g/mol. The van der Waals surface area contributed by atoms with E-state index in [2.05, 4.69) is 5.32 Å². The topological polar surface area (TPSA) is 66.5 Å². The van der Waals surface area contributed by atoms with Gasteiger partial charge in [0.15, 0.2) is 0 Å². The Labute approximate surface area is 169 Å². The predicted molar refractivity (Wildman–Crippen MR) is 107 cm³/mol. The lowest BCUT2D eigenvalue weighted by atomic mass is 10.1. The van der Waals surface area contributed by atoms with Gasteiger partial charge in [0, 0.05) is 24.7 Å². The molecule has 1 fully saturated rings. The van der Waals surface area contributed by atoms with Crippen molar-refractivity contribution < 1.29 is 13.2 Å². The van der Waals surface area contributed by atoms with Crippen LogP contribution in [0.5, 0.6) is 0 Å². The summed E-state index contributed by atoms with van der Waals surface area (Å²) in [4.78, 5) is 12.6. The number of hydrogen-bond acceptors (Lipinski definition) is 3. The molecule has 1 amide bonds. The van der Waals surface area contributed by atoms with E-state index in [9.17, 15) is 13.2 Å². The molecular weight excluding hydrogens is 407 g/mol. The van der Waals surface area contributed by atoms with Gasteiger partial charge in [-0.1, -0.05) is 35.3 Å². The largest absolute Gasteiger partial charge is 0.352 e. The van der Waals surface area contributed by atoms with Gasteiger partial charge in [-0.2, -0.15) is 4.31 Å². The maximum Gasteiger partial charge on any atom is 0.252 e. The first-order valence-corrected chi connectivity index (χ1v) is 10.9. The molecule has 5 nitrogen and oxygen atoms in total. The standard InChI is InChI=1S/C19H20Cl2N2O3S/c20-15-5-3-14(4-6-15)9-10-22-19(24)17-13-16(7-8-18(17)21)27(25,26)23-11-1-2-12-23/h3-8,13H,1-2,9-12H2,(H,22,24). The fraction of sp³-hybridized carbons (Fsp3) is 0.316. The zero-order valence-electron chi connectivity index (χ0n) is 14.6. The highest BCUT2D eigenvalue weighted by atomic mass is 35.5. The normalized spacial score (nSPS) is 15.0. The first-order chi connectivity index (χ1) is 12.9. The number of halogens is 2. The molecule has 2 aromatic carbocycles. The van der Waals surface area contributed by atoms with Gasteiger partial charge in [-0.3, -0.25) is 4.79 Å². The highest BCUT2D eigenvalue weighted by Crippen LogP contribution is 2.25. The van der Waals surface area contributed by atoms with E-state index >= 15 is 0 Å². The van der Waals surface area contributed by atoms with E-state index < -0.39 is 15.9 Å².